The molecule has 0 atom stereocenters. The summed E-state index contributed by atoms with van der Waals surface area (Å²) in [6.45, 7) is 0.601. The number of halogens is 1. The molecule has 0 unspecified atom stereocenters. The third-order valence-corrected chi connectivity index (χ3v) is 4.85. The Hall–Kier alpha value is -1.85. The third kappa shape index (κ3) is 3.09. The number of hydrogen-bond donors (Lipinski definition) is 2. The minimum absolute atomic E-state index is 0.111. The Morgan fingerprint density at radius 1 is 1.38 bits per heavy atom. The summed E-state index contributed by atoms with van der Waals surface area (Å²) in [4.78, 5) is 20.0. The molecule has 0 aliphatic heterocycles. The molecule has 0 spiro atoms. The molecule has 6 heteroatoms. The Morgan fingerprint density at radius 3 is 3.00 bits per heavy atom. The fourth-order valence-electron chi connectivity index (χ4n) is 2.13. The second-order valence-electron chi connectivity index (χ2n) is 4.64. The topological polar surface area (TPSA) is 57.8 Å². The van der Waals surface area contributed by atoms with Gasteiger partial charge in [-0.3, -0.25) is 4.79 Å². The summed E-state index contributed by atoms with van der Waals surface area (Å²) >= 11 is 7.71. The standard InChI is InChI=1S/C15H14ClN3OS/c16-13-10-4-1-2-5-11(10)21-14(13)15(20)19-7-3-6-12-17-8-9-18-12/h1-2,4-5,8-9H,3,6-7H2,(H,17,18)(H,19,20). The number of amides is 1. The van der Waals surface area contributed by atoms with Crippen LogP contribution in [0.5, 0.6) is 0 Å². The first kappa shape index (κ1) is 14.1. The molecular formula is C15H14ClN3OS. The first-order chi connectivity index (χ1) is 10.3. The van der Waals surface area contributed by atoms with Crippen LogP contribution >= 0.6 is 22.9 Å². The van der Waals surface area contributed by atoms with Crippen LogP contribution in [0.15, 0.2) is 36.7 Å². The largest absolute Gasteiger partial charge is 0.351 e. The lowest BCUT2D eigenvalue weighted by Gasteiger charge is -2.03. The van der Waals surface area contributed by atoms with E-state index in [1.54, 1.807) is 12.4 Å². The van der Waals surface area contributed by atoms with Gasteiger partial charge in [-0.05, 0) is 12.5 Å². The summed E-state index contributed by atoms with van der Waals surface area (Å²) in [5, 5.41) is 4.38. The van der Waals surface area contributed by atoms with Crippen molar-refractivity contribution in [1.82, 2.24) is 15.3 Å². The molecule has 1 amide bonds. The average Bonchev–Trinajstić information content (AvgIpc) is 3.12. The van der Waals surface area contributed by atoms with Gasteiger partial charge in [0.1, 0.15) is 10.7 Å². The Bertz CT molecular complexity index is 751. The van der Waals surface area contributed by atoms with Gasteiger partial charge in [0.2, 0.25) is 0 Å². The number of aromatic nitrogens is 2. The summed E-state index contributed by atoms with van der Waals surface area (Å²) in [6, 6.07) is 7.77. The molecule has 2 N–H and O–H groups in total. The molecule has 0 saturated heterocycles. The zero-order chi connectivity index (χ0) is 14.7. The highest BCUT2D eigenvalue weighted by molar-refractivity contribution is 7.21. The van der Waals surface area contributed by atoms with Gasteiger partial charge in [-0.15, -0.1) is 11.3 Å². The van der Waals surface area contributed by atoms with Gasteiger partial charge in [0, 0.05) is 35.4 Å². The molecule has 2 aromatic heterocycles. The van der Waals surface area contributed by atoms with E-state index in [0.29, 0.717) is 16.4 Å². The van der Waals surface area contributed by atoms with Crippen LogP contribution in [0.3, 0.4) is 0 Å². The molecule has 0 bridgehead atoms. The van der Waals surface area contributed by atoms with Crippen LogP contribution in [0.1, 0.15) is 21.9 Å². The lowest BCUT2D eigenvalue weighted by molar-refractivity contribution is 0.0957. The van der Waals surface area contributed by atoms with Gasteiger partial charge >= 0.3 is 0 Å². The lowest BCUT2D eigenvalue weighted by atomic mass is 10.2. The molecule has 0 fully saturated rings. The maximum absolute atomic E-state index is 12.2. The maximum Gasteiger partial charge on any atom is 0.262 e. The van der Waals surface area contributed by atoms with E-state index in [1.807, 2.05) is 24.3 Å². The molecule has 3 rings (SSSR count). The summed E-state index contributed by atoms with van der Waals surface area (Å²) in [5.41, 5.74) is 0. The van der Waals surface area contributed by atoms with Gasteiger partial charge in [0.25, 0.3) is 5.91 Å². The molecule has 108 valence electrons. The number of benzene rings is 1. The van der Waals surface area contributed by atoms with Crippen molar-refractivity contribution < 1.29 is 4.79 Å². The van der Waals surface area contributed by atoms with Crippen molar-refractivity contribution in [3.63, 3.8) is 0 Å². The zero-order valence-electron chi connectivity index (χ0n) is 11.2. The smallest absolute Gasteiger partial charge is 0.262 e. The van der Waals surface area contributed by atoms with E-state index < -0.39 is 0 Å². The van der Waals surface area contributed by atoms with Crippen LogP contribution in [0.2, 0.25) is 5.02 Å². The van der Waals surface area contributed by atoms with E-state index >= 15 is 0 Å². The van der Waals surface area contributed by atoms with Gasteiger partial charge in [-0.1, -0.05) is 29.8 Å². The lowest BCUT2D eigenvalue weighted by Crippen LogP contribution is -2.24. The number of carbonyl (C=O) groups is 1. The van der Waals surface area contributed by atoms with Gasteiger partial charge in [0.05, 0.1) is 5.02 Å². The highest BCUT2D eigenvalue weighted by Crippen LogP contribution is 2.34. The monoisotopic (exact) mass is 319 g/mol. The van der Waals surface area contributed by atoms with Crippen LogP contribution in [-0.4, -0.2) is 22.4 Å². The molecule has 0 saturated carbocycles. The third-order valence-electron chi connectivity index (χ3n) is 3.17. The molecule has 0 radical (unpaired) electrons. The van der Waals surface area contributed by atoms with Gasteiger partial charge in [-0.25, -0.2) is 4.98 Å². The fraction of sp³-hybridized carbons (Fsp3) is 0.200. The van der Waals surface area contributed by atoms with Gasteiger partial charge in [-0.2, -0.15) is 0 Å². The fourth-order valence-corrected chi connectivity index (χ4v) is 3.57. The number of nitrogens with zero attached hydrogens (tertiary/aromatic N) is 1. The summed E-state index contributed by atoms with van der Waals surface area (Å²) in [7, 11) is 0. The number of carbonyl (C=O) groups excluding carboxylic acids is 1. The van der Waals surface area contributed by atoms with Crippen LogP contribution in [0, 0.1) is 0 Å². The number of thiophene rings is 1. The predicted molar refractivity (Wildman–Crippen MR) is 86.1 cm³/mol. The Balaban J connectivity index is 1.60. The first-order valence-electron chi connectivity index (χ1n) is 6.69. The first-order valence-corrected chi connectivity index (χ1v) is 7.88. The number of nitrogens with one attached hydrogen (secondary N) is 2. The zero-order valence-corrected chi connectivity index (χ0v) is 12.8. The summed E-state index contributed by atoms with van der Waals surface area (Å²) < 4.78 is 1.03. The summed E-state index contributed by atoms with van der Waals surface area (Å²) in [6.07, 6.45) is 5.17. The van der Waals surface area contributed by atoms with Crippen molar-refractivity contribution in [2.24, 2.45) is 0 Å². The number of aromatic amines is 1. The van der Waals surface area contributed by atoms with Crippen molar-refractivity contribution in [2.45, 2.75) is 12.8 Å². The van der Waals surface area contributed by atoms with E-state index in [-0.39, 0.29) is 5.91 Å². The SMILES string of the molecule is O=C(NCCCc1ncc[nH]1)c1sc2ccccc2c1Cl. The molecule has 4 nitrogen and oxygen atoms in total. The second-order valence-corrected chi connectivity index (χ2v) is 6.07. The highest BCUT2D eigenvalue weighted by atomic mass is 35.5. The van der Waals surface area contributed by atoms with Crippen LogP contribution < -0.4 is 5.32 Å². The maximum atomic E-state index is 12.2. The normalized spacial score (nSPS) is 10.9. The van der Waals surface area contributed by atoms with Crippen LogP contribution in [-0.2, 0) is 6.42 Å². The molecule has 0 aliphatic rings. The molecule has 3 aromatic rings. The minimum atomic E-state index is -0.111. The Labute approximate surface area is 131 Å². The predicted octanol–water partition coefficient (Wildman–Crippen LogP) is 3.64. The van der Waals surface area contributed by atoms with Crippen LogP contribution in [0.4, 0.5) is 0 Å². The molecule has 0 aliphatic carbocycles. The Kier molecular flexibility index (Phi) is 4.22. The van der Waals surface area contributed by atoms with Crippen LogP contribution in [0.25, 0.3) is 10.1 Å². The van der Waals surface area contributed by atoms with Crippen molar-refractivity contribution in [2.75, 3.05) is 6.54 Å². The number of aryl methyl sites for hydroxylation is 1. The van der Waals surface area contributed by atoms with Crippen molar-refractivity contribution in [1.29, 1.82) is 0 Å². The number of rotatable bonds is 5. The van der Waals surface area contributed by atoms with Gasteiger partial charge < -0.3 is 10.3 Å². The number of fused-ring (bicyclic) bond motifs is 1. The number of imidazole rings is 1. The van der Waals surface area contributed by atoms with Gasteiger partial charge in [0.15, 0.2) is 0 Å². The van der Waals surface area contributed by atoms with E-state index in [4.69, 9.17) is 11.6 Å². The molecule has 1 aromatic carbocycles. The van der Waals surface area contributed by atoms with Crippen molar-refractivity contribution in [3.8, 4) is 0 Å². The van der Waals surface area contributed by atoms with E-state index in [1.165, 1.54) is 11.3 Å². The molecule has 21 heavy (non-hydrogen) atoms. The van der Waals surface area contributed by atoms with E-state index in [9.17, 15) is 4.79 Å². The molecule has 2 heterocycles. The summed E-state index contributed by atoms with van der Waals surface area (Å²) in [5.74, 6) is 0.824. The van der Waals surface area contributed by atoms with E-state index in [2.05, 4.69) is 15.3 Å². The van der Waals surface area contributed by atoms with Crippen molar-refractivity contribution in [3.05, 3.63) is 52.4 Å². The average molecular weight is 320 g/mol. The quantitative estimate of drug-likeness (QED) is 0.705. The number of hydrogen-bond acceptors (Lipinski definition) is 3. The second kappa shape index (κ2) is 6.28. The highest BCUT2D eigenvalue weighted by Gasteiger charge is 2.16. The Morgan fingerprint density at radius 2 is 2.24 bits per heavy atom. The number of H-pyrrole nitrogens is 1. The molecular weight excluding hydrogens is 306 g/mol. The van der Waals surface area contributed by atoms with Crippen molar-refractivity contribution >= 4 is 38.9 Å². The minimum Gasteiger partial charge on any atom is -0.351 e. The van der Waals surface area contributed by atoms with E-state index in [0.717, 1.165) is 28.8 Å².